The Morgan fingerprint density at radius 2 is 1.61 bits per heavy atom. The number of aromatic nitrogens is 2. The zero-order chi connectivity index (χ0) is 48.4. The van der Waals surface area contributed by atoms with Crippen molar-refractivity contribution in [3.05, 3.63) is 142 Å². The maximum Gasteiger partial charge on any atom is 0.153 e. The van der Waals surface area contributed by atoms with Crippen LogP contribution in [0.15, 0.2) is 110 Å². The molecule has 0 amide bonds. The third-order valence-corrected chi connectivity index (χ3v) is 18.1. The third kappa shape index (κ3) is 8.11. The Kier molecular flexibility index (Phi) is 13.5. The normalized spacial score (nSPS) is 32.5. The summed E-state index contributed by atoms with van der Waals surface area (Å²) in [6, 6.07) is 33.3. The number of carbonyl (C=O) groups excluding carboxylic acids is 1. The van der Waals surface area contributed by atoms with Crippen LogP contribution in [0.2, 0.25) is 10.0 Å². The fourth-order valence-electron chi connectivity index (χ4n) is 14.4. The van der Waals surface area contributed by atoms with Gasteiger partial charge in [-0.3, -0.25) is 19.5 Å². The van der Waals surface area contributed by atoms with E-state index in [0.717, 1.165) is 66.3 Å². The molecule has 10 nitrogen and oxygen atoms in total. The average molecular weight is 971 g/mol. The number of Topliss-reactive ketones (excluding diaryl/α,β-unsaturated/α-hetero) is 1. The second-order valence-electron chi connectivity index (χ2n) is 20.9. The van der Waals surface area contributed by atoms with E-state index in [1.807, 2.05) is 54.2 Å². The minimum Gasteiger partial charge on any atom is -0.457 e. The second kappa shape index (κ2) is 19.3. The maximum absolute atomic E-state index is 17.4. The first-order valence-electron chi connectivity index (χ1n) is 25.1. The van der Waals surface area contributed by atoms with Crippen LogP contribution in [0.4, 0.5) is 0 Å². The summed E-state index contributed by atoms with van der Waals surface area (Å²) in [7, 11) is 8.38. The Morgan fingerprint density at radius 1 is 0.884 bits per heavy atom. The molecule has 2 bridgehead atoms. The molecule has 69 heavy (non-hydrogen) atoms. The number of methoxy groups -OCH3 is 1. The number of ketones is 1. The Morgan fingerprint density at radius 3 is 2.30 bits per heavy atom. The Labute approximate surface area is 419 Å². The second-order valence-corrected chi connectivity index (χ2v) is 21.7. The van der Waals surface area contributed by atoms with Crippen molar-refractivity contribution in [3.8, 4) is 22.8 Å². The van der Waals surface area contributed by atoms with E-state index in [0.29, 0.717) is 35.5 Å². The largest absolute Gasteiger partial charge is 0.457 e. The van der Waals surface area contributed by atoms with Gasteiger partial charge in [0.2, 0.25) is 0 Å². The lowest BCUT2D eigenvalue weighted by Gasteiger charge is -2.57. The molecule has 10 rings (SSSR count). The molecule has 12 heteroatoms. The molecule has 0 radical (unpaired) electrons. The minimum atomic E-state index is -0.775. The van der Waals surface area contributed by atoms with Gasteiger partial charge in [0.1, 0.15) is 17.3 Å². The van der Waals surface area contributed by atoms with Crippen LogP contribution in [-0.2, 0) is 36.0 Å². The van der Waals surface area contributed by atoms with E-state index in [9.17, 15) is 0 Å². The molecule has 5 fully saturated rings. The number of nitrogens with one attached hydrogen (secondary N) is 2. The smallest absolute Gasteiger partial charge is 0.153 e. The van der Waals surface area contributed by atoms with Crippen molar-refractivity contribution < 1.29 is 14.3 Å². The molecule has 12 atom stereocenters. The van der Waals surface area contributed by atoms with Gasteiger partial charge < -0.3 is 24.7 Å². The molecular weight excluding hydrogens is 902 g/mol. The predicted octanol–water partition coefficient (Wildman–Crippen LogP) is 9.58. The summed E-state index contributed by atoms with van der Waals surface area (Å²) >= 11 is 13.3. The zero-order valence-corrected chi connectivity index (χ0v) is 42.8. The van der Waals surface area contributed by atoms with Crippen molar-refractivity contribution in [3.63, 3.8) is 0 Å². The zero-order valence-electron chi connectivity index (χ0n) is 41.2. The molecule has 4 aromatic carbocycles. The van der Waals surface area contributed by atoms with Crippen LogP contribution < -0.4 is 15.4 Å². The number of benzene rings is 4. The number of rotatable bonds is 13. The van der Waals surface area contributed by atoms with Gasteiger partial charge in [0, 0.05) is 103 Å². The summed E-state index contributed by atoms with van der Waals surface area (Å²) in [5, 5.41) is 9.80. The number of likely N-dealkylation sites (N-methyl/N-ethyl adjacent to an activating group) is 2. The average Bonchev–Trinajstić information content (AvgIpc) is 4.01. The standard InChI is InChI=1S/C57H69Cl2N7O3/c1-9-51-61-32-47(65(51)7)39-19-24-45(25-20-39)69-48-29-43(59)23-18-40(48)33-66-36(4)52-57-49(30-44(27-38-16-21-42(58)22-17-38)64(6)54(57)46(62-52)34-68-8)60-31-35(3)63(5)53-41(26-37-14-12-11-13-15-37)28-50(66)56(53,10-2)55(57)67/h9,11-25,29,32,35-36,41,44,46,49-50,52-54,60,62H,1,10,26-28,30-31,33-34H2,2-8H3/t35-,36-,41+,44-,46+,49?,50?,52?,53?,54?,56?,57?/m0/s1. The first-order valence-corrected chi connectivity index (χ1v) is 25.8. The molecule has 5 aromatic rings. The van der Waals surface area contributed by atoms with Crippen LogP contribution in [-0.4, -0.2) is 119 Å². The number of carbonyl (C=O) groups is 1. The minimum absolute atomic E-state index is 0.000702. The molecular formula is C57H69Cl2N7O3. The number of hydrogen-bond donors (Lipinski definition) is 2. The van der Waals surface area contributed by atoms with E-state index in [-0.39, 0.29) is 60.3 Å². The van der Waals surface area contributed by atoms with Crippen molar-refractivity contribution in [2.75, 3.05) is 34.4 Å². The van der Waals surface area contributed by atoms with Gasteiger partial charge in [-0.1, -0.05) is 85.2 Å². The number of nitrogens with zero attached hydrogens (tertiary/aromatic N) is 5. The molecule has 5 heterocycles. The van der Waals surface area contributed by atoms with Gasteiger partial charge in [0.05, 0.1) is 29.3 Å². The van der Waals surface area contributed by atoms with Gasteiger partial charge >= 0.3 is 0 Å². The van der Waals surface area contributed by atoms with E-state index in [1.54, 1.807) is 13.2 Å². The number of likely N-dealkylation sites (tertiary alicyclic amines) is 2. The van der Waals surface area contributed by atoms with Crippen molar-refractivity contribution in [1.82, 2.24) is 34.9 Å². The highest BCUT2D eigenvalue weighted by Crippen LogP contribution is 2.63. The molecule has 4 aliphatic heterocycles. The molecule has 5 aliphatic rings. The quantitative estimate of drug-likeness (QED) is 0.120. The first kappa shape index (κ1) is 48.3. The summed E-state index contributed by atoms with van der Waals surface area (Å²) in [5.41, 5.74) is 4.14. The highest BCUT2D eigenvalue weighted by Gasteiger charge is 2.77. The van der Waals surface area contributed by atoms with Crippen molar-refractivity contribution >= 4 is 35.1 Å². The number of halogens is 2. The van der Waals surface area contributed by atoms with Crippen LogP contribution >= 0.6 is 23.2 Å². The van der Waals surface area contributed by atoms with Gasteiger partial charge in [-0.15, -0.1) is 0 Å². The van der Waals surface area contributed by atoms with Gasteiger partial charge in [-0.2, -0.15) is 0 Å². The predicted molar refractivity (Wildman–Crippen MR) is 278 cm³/mol. The van der Waals surface area contributed by atoms with Crippen LogP contribution in [0.3, 0.4) is 0 Å². The van der Waals surface area contributed by atoms with Crippen LogP contribution in [0.5, 0.6) is 11.5 Å². The Balaban J connectivity index is 1.11. The topological polar surface area (TPSA) is 87.1 Å². The van der Waals surface area contributed by atoms with Crippen molar-refractivity contribution in [2.24, 2.45) is 23.8 Å². The first-order chi connectivity index (χ1) is 33.3. The fourth-order valence-corrected chi connectivity index (χ4v) is 14.7. The molecule has 1 saturated carbocycles. The van der Waals surface area contributed by atoms with E-state index in [2.05, 4.69) is 132 Å². The molecule has 364 valence electrons. The molecule has 7 unspecified atom stereocenters. The lowest BCUT2D eigenvalue weighted by molar-refractivity contribution is -0.154. The van der Waals surface area contributed by atoms with E-state index in [4.69, 9.17) is 32.7 Å². The maximum atomic E-state index is 17.4. The fraction of sp³-hybridized carbons (Fsp3) is 0.474. The molecule has 1 aliphatic carbocycles. The number of ether oxygens (including phenoxy) is 2. The van der Waals surface area contributed by atoms with Crippen LogP contribution in [0.1, 0.15) is 62.5 Å². The lowest BCUT2D eigenvalue weighted by atomic mass is 9.54. The van der Waals surface area contributed by atoms with Gasteiger partial charge in [-0.25, -0.2) is 4.98 Å². The number of imidazole rings is 1. The third-order valence-electron chi connectivity index (χ3n) is 17.6. The summed E-state index contributed by atoms with van der Waals surface area (Å²) in [4.78, 5) is 29.9. The highest BCUT2D eigenvalue weighted by atomic mass is 35.5. The highest BCUT2D eigenvalue weighted by molar-refractivity contribution is 6.31. The molecule has 1 spiro atoms. The number of piperidine rings is 1. The Bertz CT molecular complexity index is 2640. The lowest BCUT2D eigenvalue weighted by Crippen LogP contribution is -2.73. The summed E-state index contributed by atoms with van der Waals surface area (Å²) in [6.45, 7) is 12.9. The van der Waals surface area contributed by atoms with Gasteiger partial charge in [0.25, 0.3) is 0 Å². The van der Waals surface area contributed by atoms with Crippen LogP contribution in [0.25, 0.3) is 17.3 Å². The van der Waals surface area contributed by atoms with Crippen molar-refractivity contribution in [2.45, 2.75) is 114 Å². The van der Waals surface area contributed by atoms with E-state index >= 15 is 4.79 Å². The Hall–Kier alpha value is -4.36. The van der Waals surface area contributed by atoms with Crippen LogP contribution in [0, 0.1) is 16.7 Å². The molecule has 2 N–H and O–H groups in total. The number of hydrogen-bond acceptors (Lipinski definition) is 9. The summed E-state index contributed by atoms with van der Waals surface area (Å²) < 4.78 is 15.0. The van der Waals surface area contributed by atoms with Gasteiger partial charge in [0.15, 0.2) is 5.78 Å². The summed E-state index contributed by atoms with van der Waals surface area (Å²) in [5.74, 6) is 2.90. The molecule has 1 aromatic heterocycles. The van der Waals surface area contributed by atoms with Crippen molar-refractivity contribution in [1.29, 1.82) is 0 Å². The van der Waals surface area contributed by atoms with E-state index in [1.165, 1.54) is 11.1 Å². The SMILES string of the molecule is C=Cc1ncc(-c2ccc(Oc3cc(Cl)ccc3CN3C4C[C@@H](Cc5ccccc5)C5N(C)[C@@H](C)CNC6C[C@H](Cc7ccc(Cl)cc7)N(C)C7[C@@H](COC)NC([C@@H]3C)C67C(=O)C54CC)cc2)n1C. The molecule has 4 saturated heterocycles. The van der Waals surface area contributed by atoms with E-state index < -0.39 is 10.8 Å². The summed E-state index contributed by atoms with van der Waals surface area (Å²) in [6.07, 6.45) is 7.87. The van der Waals surface area contributed by atoms with Gasteiger partial charge in [-0.05, 0) is 132 Å². The monoisotopic (exact) mass is 969 g/mol.